The van der Waals surface area contributed by atoms with Crippen molar-refractivity contribution < 1.29 is 37.2 Å². The molecule has 2 aromatic carbocycles. The highest BCUT2D eigenvalue weighted by Gasteiger charge is 2.32. The highest BCUT2D eigenvalue weighted by Crippen LogP contribution is 2.35. The number of alkyl halides is 3. The summed E-state index contributed by atoms with van der Waals surface area (Å²) in [6.45, 7) is 0.867. The van der Waals surface area contributed by atoms with E-state index in [1.807, 2.05) is 0 Å². The third-order valence-electron chi connectivity index (χ3n) is 4.84. The first-order valence-corrected chi connectivity index (χ1v) is 9.87. The molecule has 3 rings (SSSR count). The Bertz CT molecular complexity index is 1040. The average molecular weight is 467 g/mol. The molecule has 0 atom stereocenters. The Morgan fingerprint density at radius 1 is 1.15 bits per heavy atom. The van der Waals surface area contributed by atoms with Gasteiger partial charge in [0.2, 0.25) is 0 Å². The molecule has 0 aromatic heterocycles. The number of amides is 1. The van der Waals surface area contributed by atoms with E-state index in [0.717, 1.165) is 12.1 Å². The van der Waals surface area contributed by atoms with Gasteiger partial charge in [-0.1, -0.05) is 18.2 Å². The molecule has 1 N–H and O–H groups in total. The van der Waals surface area contributed by atoms with Crippen LogP contribution in [0, 0.1) is 10.1 Å². The van der Waals surface area contributed by atoms with Crippen LogP contribution >= 0.6 is 0 Å². The van der Waals surface area contributed by atoms with Crippen molar-refractivity contribution in [3.63, 3.8) is 0 Å². The van der Waals surface area contributed by atoms with Crippen LogP contribution in [0.4, 0.5) is 30.2 Å². The van der Waals surface area contributed by atoms with Crippen LogP contribution < -0.4 is 10.2 Å². The van der Waals surface area contributed by atoms with Gasteiger partial charge in [-0.3, -0.25) is 19.7 Å². The smallest absolute Gasteiger partial charge is 0.416 e. The number of nitrogens with zero attached hydrogens (tertiary/aromatic N) is 2. The van der Waals surface area contributed by atoms with E-state index in [1.54, 1.807) is 4.90 Å². The molecule has 0 saturated carbocycles. The number of carbonyl (C=O) groups excluding carboxylic acids is 2. The topological polar surface area (TPSA) is 111 Å². The molecule has 1 heterocycles. The van der Waals surface area contributed by atoms with E-state index in [1.165, 1.54) is 30.3 Å². The van der Waals surface area contributed by atoms with Crippen molar-refractivity contribution in [1.29, 1.82) is 0 Å². The van der Waals surface area contributed by atoms with Crippen molar-refractivity contribution in [2.45, 2.75) is 12.6 Å². The minimum Gasteiger partial charge on any atom is -0.455 e. The van der Waals surface area contributed by atoms with E-state index in [2.05, 4.69) is 5.32 Å². The molecule has 1 aliphatic rings. The summed E-state index contributed by atoms with van der Waals surface area (Å²) in [7, 11) is 0. The minimum atomic E-state index is -4.61. The number of ether oxygens (including phenoxy) is 2. The number of hydrogen-bond donors (Lipinski definition) is 1. The Kier molecular flexibility index (Phi) is 7.48. The van der Waals surface area contributed by atoms with Gasteiger partial charge in [0.05, 0.1) is 41.5 Å². The summed E-state index contributed by atoms with van der Waals surface area (Å²) in [6, 6.07) is 8.59. The number of nitro groups is 1. The van der Waals surface area contributed by atoms with Crippen LogP contribution in [0.1, 0.15) is 11.1 Å². The second kappa shape index (κ2) is 10.3. The quantitative estimate of drug-likeness (QED) is 0.378. The summed E-state index contributed by atoms with van der Waals surface area (Å²) in [5.74, 6) is -1.74. The zero-order valence-corrected chi connectivity index (χ0v) is 17.3. The molecule has 1 amide bonds. The SMILES string of the molecule is O=C(COC(=O)Cc1ccccc1[N+](=O)[O-])Nc1cc(C(F)(F)F)ccc1N1CCOCC1. The van der Waals surface area contributed by atoms with Gasteiger partial charge in [0.1, 0.15) is 0 Å². The summed E-state index contributed by atoms with van der Waals surface area (Å²) >= 11 is 0. The molecule has 2 aromatic rings. The molecule has 12 heteroatoms. The predicted octanol–water partition coefficient (Wildman–Crippen LogP) is 3.17. The molecule has 176 valence electrons. The number of anilines is 2. The molecule has 1 aliphatic heterocycles. The molecule has 0 spiro atoms. The van der Waals surface area contributed by atoms with Crippen LogP contribution in [-0.2, 0) is 31.7 Å². The number of para-hydroxylation sites is 1. The van der Waals surface area contributed by atoms with E-state index in [9.17, 15) is 32.9 Å². The van der Waals surface area contributed by atoms with Crippen molar-refractivity contribution in [3.05, 3.63) is 63.7 Å². The van der Waals surface area contributed by atoms with Gasteiger partial charge in [0.15, 0.2) is 6.61 Å². The van der Waals surface area contributed by atoms with Crippen molar-refractivity contribution in [1.82, 2.24) is 0 Å². The van der Waals surface area contributed by atoms with Gasteiger partial charge in [-0.25, -0.2) is 0 Å². The van der Waals surface area contributed by atoms with Gasteiger partial charge in [-0.05, 0) is 18.2 Å². The number of nitrogens with one attached hydrogen (secondary N) is 1. The van der Waals surface area contributed by atoms with Crippen molar-refractivity contribution >= 4 is 28.9 Å². The lowest BCUT2D eigenvalue weighted by molar-refractivity contribution is -0.385. The Morgan fingerprint density at radius 2 is 1.85 bits per heavy atom. The fraction of sp³-hybridized carbons (Fsp3) is 0.333. The number of esters is 1. The highest BCUT2D eigenvalue weighted by atomic mass is 19.4. The van der Waals surface area contributed by atoms with Crippen LogP contribution in [0.25, 0.3) is 0 Å². The molecule has 1 fully saturated rings. The van der Waals surface area contributed by atoms with Gasteiger partial charge in [0, 0.05) is 24.7 Å². The zero-order valence-electron chi connectivity index (χ0n) is 17.3. The van der Waals surface area contributed by atoms with E-state index in [4.69, 9.17) is 9.47 Å². The lowest BCUT2D eigenvalue weighted by Crippen LogP contribution is -2.37. The van der Waals surface area contributed by atoms with Gasteiger partial charge >= 0.3 is 12.1 Å². The molecule has 0 aliphatic carbocycles. The Labute approximate surface area is 186 Å². The van der Waals surface area contributed by atoms with Crippen molar-refractivity contribution in [3.8, 4) is 0 Å². The van der Waals surface area contributed by atoms with Crippen LogP contribution in [0.5, 0.6) is 0 Å². The highest BCUT2D eigenvalue weighted by molar-refractivity contribution is 5.96. The van der Waals surface area contributed by atoms with E-state index >= 15 is 0 Å². The first kappa shape index (κ1) is 24.0. The predicted molar refractivity (Wildman–Crippen MR) is 111 cm³/mol. The third kappa shape index (κ3) is 6.42. The maximum Gasteiger partial charge on any atom is 0.416 e. The second-order valence-electron chi connectivity index (χ2n) is 7.10. The molecule has 9 nitrogen and oxygen atoms in total. The van der Waals surface area contributed by atoms with Gasteiger partial charge in [0.25, 0.3) is 11.6 Å². The molecule has 1 saturated heterocycles. The van der Waals surface area contributed by atoms with Crippen molar-refractivity contribution in [2.24, 2.45) is 0 Å². The lowest BCUT2D eigenvalue weighted by atomic mass is 10.1. The normalized spacial score (nSPS) is 14.0. The number of carbonyl (C=O) groups is 2. The monoisotopic (exact) mass is 467 g/mol. The fourth-order valence-corrected chi connectivity index (χ4v) is 3.27. The maximum atomic E-state index is 13.2. The first-order valence-electron chi connectivity index (χ1n) is 9.87. The molecule has 33 heavy (non-hydrogen) atoms. The molecular formula is C21H20F3N3O6. The van der Waals surface area contributed by atoms with E-state index in [0.29, 0.717) is 32.0 Å². The fourth-order valence-electron chi connectivity index (χ4n) is 3.27. The Balaban J connectivity index is 1.67. The van der Waals surface area contributed by atoms with Crippen LogP contribution in [0.2, 0.25) is 0 Å². The molecular weight excluding hydrogens is 447 g/mol. The van der Waals surface area contributed by atoms with Gasteiger partial charge in [-0.15, -0.1) is 0 Å². The number of hydrogen-bond acceptors (Lipinski definition) is 7. The number of benzene rings is 2. The zero-order chi connectivity index (χ0) is 24.0. The van der Waals surface area contributed by atoms with Crippen LogP contribution in [-0.4, -0.2) is 49.7 Å². The lowest BCUT2D eigenvalue weighted by Gasteiger charge is -2.31. The summed E-state index contributed by atoms with van der Waals surface area (Å²) in [4.78, 5) is 36.5. The third-order valence-corrected chi connectivity index (χ3v) is 4.84. The average Bonchev–Trinajstić information content (AvgIpc) is 2.78. The number of morpholine rings is 1. The standard InChI is InChI=1S/C21H20F3N3O6/c22-21(23,24)15-5-6-18(26-7-9-32-10-8-26)16(12-15)25-19(28)13-33-20(29)11-14-3-1-2-4-17(14)27(30)31/h1-6,12H,7-11,13H2,(H,25,28). The number of halogens is 3. The Hall–Kier alpha value is -3.67. The molecule has 0 unspecified atom stereocenters. The largest absolute Gasteiger partial charge is 0.455 e. The van der Waals surface area contributed by atoms with Crippen molar-refractivity contribution in [2.75, 3.05) is 43.1 Å². The van der Waals surface area contributed by atoms with E-state index in [-0.39, 0.29) is 16.9 Å². The Morgan fingerprint density at radius 3 is 2.52 bits per heavy atom. The molecule has 0 radical (unpaired) electrons. The first-order chi connectivity index (χ1) is 15.6. The maximum absolute atomic E-state index is 13.2. The van der Waals surface area contributed by atoms with E-state index < -0.39 is 41.6 Å². The second-order valence-corrected chi connectivity index (χ2v) is 7.10. The molecule has 0 bridgehead atoms. The van der Waals surface area contributed by atoms with Crippen LogP contribution in [0.15, 0.2) is 42.5 Å². The summed E-state index contributed by atoms with van der Waals surface area (Å²) in [6.07, 6.45) is -5.05. The number of rotatable bonds is 7. The van der Waals surface area contributed by atoms with Gasteiger partial charge in [-0.2, -0.15) is 13.2 Å². The summed E-state index contributed by atoms with van der Waals surface area (Å²) < 4.78 is 49.6. The number of nitro benzene ring substituents is 1. The minimum absolute atomic E-state index is 0.0773. The summed E-state index contributed by atoms with van der Waals surface area (Å²) in [5.41, 5.74) is -0.793. The van der Waals surface area contributed by atoms with Gasteiger partial charge < -0.3 is 19.7 Å². The summed E-state index contributed by atoms with van der Waals surface area (Å²) in [5, 5.41) is 13.4. The van der Waals surface area contributed by atoms with Crippen LogP contribution in [0.3, 0.4) is 0 Å².